The molecule has 0 aliphatic carbocycles. The standard InChI is InChI=1S/C17H17NS/c1-3-14(18)17-12-6-4-5-7-15(12)19-16-9-8-11(2)10-13(16)17/h4-10H,3,18H2,1-2H3. The Morgan fingerprint density at radius 1 is 1.05 bits per heavy atom. The van der Waals surface area contributed by atoms with Gasteiger partial charge in [-0.05, 0) is 36.6 Å². The van der Waals surface area contributed by atoms with Gasteiger partial charge in [-0.1, -0.05) is 54.6 Å². The summed E-state index contributed by atoms with van der Waals surface area (Å²) in [5, 5.41) is 0. The van der Waals surface area contributed by atoms with Crippen molar-refractivity contribution in [3.63, 3.8) is 0 Å². The van der Waals surface area contributed by atoms with Crippen LogP contribution in [0.2, 0.25) is 0 Å². The number of rotatable bonds is 1. The molecule has 0 spiro atoms. The molecule has 0 amide bonds. The second-order valence-corrected chi connectivity index (χ2v) is 5.94. The van der Waals surface area contributed by atoms with E-state index in [-0.39, 0.29) is 0 Å². The summed E-state index contributed by atoms with van der Waals surface area (Å²) in [5.74, 6) is 0. The molecule has 0 atom stereocenters. The van der Waals surface area contributed by atoms with Crippen LogP contribution >= 0.6 is 11.8 Å². The van der Waals surface area contributed by atoms with E-state index in [1.165, 1.54) is 32.1 Å². The van der Waals surface area contributed by atoms with E-state index in [1.807, 2.05) is 11.8 Å². The molecular formula is C17H17NS. The highest BCUT2D eigenvalue weighted by atomic mass is 32.2. The van der Waals surface area contributed by atoms with Crippen LogP contribution in [-0.4, -0.2) is 0 Å². The quantitative estimate of drug-likeness (QED) is 0.698. The summed E-state index contributed by atoms with van der Waals surface area (Å²) in [6, 6.07) is 15.1. The highest BCUT2D eigenvalue weighted by molar-refractivity contribution is 7.99. The van der Waals surface area contributed by atoms with E-state index in [2.05, 4.69) is 56.3 Å². The Morgan fingerprint density at radius 3 is 2.58 bits per heavy atom. The van der Waals surface area contributed by atoms with E-state index in [4.69, 9.17) is 5.73 Å². The molecule has 1 heterocycles. The van der Waals surface area contributed by atoms with E-state index in [9.17, 15) is 0 Å². The number of hydrogen-bond donors (Lipinski definition) is 1. The molecule has 0 radical (unpaired) electrons. The van der Waals surface area contributed by atoms with Crippen LogP contribution in [0.3, 0.4) is 0 Å². The average molecular weight is 267 g/mol. The van der Waals surface area contributed by atoms with Gasteiger partial charge in [0.1, 0.15) is 0 Å². The Balaban J connectivity index is 2.32. The maximum absolute atomic E-state index is 6.30. The second-order valence-electron chi connectivity index (χ2n) is 4.85. The van der Waals surface area contributed by atoms with Crippen molar-refractivity contribution < 1.29 is 0 Å². The van der Waals surface area contributed by atoms with Gasteiger partial charge in [0.15, 0.2) is 0 Å². The smallest absolute Gasteiger partial charge is 0.0202 e. The molecule has 1 aliphatic rings. The van der Waals surface area contributed by atoms with Crippen molar-refractivity contribution >= 4 is 17.3 Å². The molecule has 2 aromatic carbocycles. The van der Waals surface area contributed by atoms with Gasteiger partial charge >= 0.3 is 0 Å². The summed E-state index contributed by atoms with van der Waals surface area (Å²) in [5.41, 5.74) is 12.3. The Bertz CT molecular complexity index is 671. The van der Waals surface area contributed by atoms with Crippen LogP contribution in [0.1, 0.15) is 30.0 Å². The molecule has 19 heavy (non-hydrogen) atoms. The van der Waals surface area contributed by atoms with Gasteiger partial charge in [-0.3, -0.25) is 0 Å². The van der Waals surface area contributed by atoms with Crippen LogP contribution in [0.15, 0.2) is 58.0 Å². The van der Waals surface area contributed by atoms with Crippen LogP contribution in [0.25, 0.3) is 5.57 Å². The molecule has 1 nitrogen and oxygen atoms in total. The zero-order valence-electron chi connectivity index (χ0n) is 11.2. The lowest BCUT2D eigenvalue weighted by molar-refractivity contribution is 1.06. The van der Waals surface area contributed by atoms with E-state index >= 15 is 0 Å². The SMILES string of the molecule is CCC(N)=C1c2ccccc2Sc2ccc(C)cc21. The molecule has 2 aromatic rings. The molecule has 0 bridgehead atoms. The van der Waals surface area contributed by atoms with Gasteiger partial charge in [0.05, 0.1) is 0 Å². The predicted molar refractivity (Wildman–Crippen MR) is 82.2 cm³/mol. The van der Waals surface area contributed by atoms with Crippen LogP contribution in [-0.2, 0) is 0 Å². The minimum absolute atomic E-state index is 0.877. The molecule has 2 N–H and O–H groups in total. The number of allylic oxidation sites excluding steroid dienone is 1. The lowest BCUT2D eigenvalue weighted by atomic mass is 9.93. The van der Waals surface area contributed by atoms with Gasteiger partial charge in [0, 0.05) is 21.1 Å². The van der Waals surface area contributed by atoms with Crippen molar-refractivity contribution in [3.8, 4) is 0 Å². The van der Waals surface area contributed by atoms with Crippen molar-refractivity contribution in [1.29, 1.82) is 0 Å². The van der Waals surface area contributed by atoms with Gasteiger partial charge in [-0.2, -0.15) is 0 Å². The van der Waals surface area contributed by atoms with E-state index in [1.54, 1.807) is 0 Å². The molecular weight excluding hydrogens is 250 g/mol. The fourth-order valence-electron chi connectivity index (χ4n) is 2.48. The van der Waals surface area contributed by atoms with E-state index < -0.39 is 0 Å². The first-order chi connectivity index (χ1) is 9.20. The largest absolute Gasteiger partial charge is 0.402 e. The number of fused-ring (bicyclic) bond motifs is 2. The Morgan fingerprint density at radius 2 is 1.79 bits per heavy atom. The maximum Gasteiger partial charge on any atom is 0.0202 e. The third-order valence-electron chi connectivity index (χ3n) is 3.48. The third-order valence-corrected chi connectivity index (χ3v) is 4.63. The Labute approximate surface area is 118 Å². The highest BCUT2D eigenvalue weighted by Crippen LogP contribution is 2.46. The average Bonchev–Trinajstić information content (AvgIpc) is 2.44. The molecule has 96 valence electrons. The van der Waals surface area contributed by atoms with Crippen molar-refractivity contribution in [1.82, 2.24) is 0 Å². The van der Waals surface area contributed by atoms with Crippen molar-refractivity contribution in [2.24, 2.45) is 5.73 Å². The van der Waals surface area contributed by atoms with E-state index in [0.717, 1.165) is 12.1 Å². The molecule has 3 rings (SSSR count). The lowest BCUT2D eigenvalue weighted by Crippen LogP contribution is -2.07. The van der Waals surface area contributed by atoms with Crippen molar-refractivity contribution in [2.45, 2.75) is 30.1 Å². The zero-order chi connectivity index (χ0) is 13.4. The predicted octanol–water partition coefficient (Wildman–Crippen LogP) is 4.59. The number of aryl methyl sites for hydroxylation is 1. The number of hydrogen-bond acceptors (Lipinski definition) is 2. The summed E-state index contributed by atoms with van der Waals surface area (Å²) in [6.45, 7) is 4.24. The molecule has 1 aliphatic heterocycles. The van der Waals surface area contributed by atoms with Gasteiger partial charge in [0.2, 0.25) is 0 Å². The fourth-order valence-corrected chi connectivity index (χ4v) is 3.55. The molecule has 0 saturated carbocycles. The summed E-state index contributed by atoms with van der Waals surface area (Å²) in [6.07, 6.45) is 0.877. The van der Waals surface area contributed by atoms with Gasteiger partial charge in [-0.15, -0.1) is 0 Å². The first-order valence-electron chi connectivity index (χ1n) is 6.57. The summed E-state index contributed by atoms with van der Waals surface area (Å²) < 4.78 is 0. The monoisotopic (exact) mass is 267 g/mol. The normalized spacial score (nSPS) is 15.7. The van der Waals surface area contributed by atoms with Gasteiger partial charge < -0.3 is 5.73 Å². The first-order valence-corrected chi connectivity index (χ1v) is 7.39. The number of nitrogens with two attached hydrogens (primary N) is 1. The minimum atomic E-state index is 0.877. The third kappa shape index (κ3) is 2.06. The summed E-state index contributed by atoms with van der Waals surface area (Å²) in [4.78, 5) is 2.60. The second kappa shape index (κ2) is 4.78. The topological polar surface area (TPSA) is 26.0 Å². The summed E-state index contributed by atoms with van der Waals surface area (Å²) >= 11 is 1.83. The molecule has 2 heteroatoms. The molecule has 0 unspecified atom stereocenters. The number of benzene rings is 2. The fraction of sp³-hybridized carbons (Fsp3) is 0.176. The van der Waals surface area contributed by atoms with Gasteiger partial charge in [-0.25, -0.2) is 0 Å². The van der Waals surface area contributed by atoms with E-state index in [0.29, 0.717) is 0 Å². The minimum Gasteiger partial charge on any atom is -0.402 e. The van der Waals surface area contributed by atoms with Gasteiger partial charge in [0.25, 0.3) is 0 Å². The van der Waals surface area contributed by atoms with Crippen LogP contribution in [0.5, 0.6) is 0 Å². The molecule has 0 fully saturated rings. The highest BCUT2D eigenvalue weighted by Gasteiger charge is 2.22. The van der Waals surface area contributed by atoms with Crippen LogP contribution in [0, 0.1) is 6.92 Å². The van der Waals surface area contributed by atoms with Crippen molar-refractivity contribution in [2.75, 3.05) is 0 Å². The lowest BCUT2D eigenvalue weighted by Gasteiger charge is -2.24. The van der Waals surface area contributed by atoms with Crippen LogP contribution < -0.4 is 5.73 Å². The van der Waals surface area contributed by atoms with Crippen LogP contribution in [0.4, 0.5) is 0 Å². The first kappa shape index (κ1) is 12.4. The Hall–Kier alpha value is -1.67. The Kier molecular flexibility index (Phi) is 3.11. The molecule has 0 saturated heterocycles. The summed E-state index contributed by atoms with van der Waals surface area (Å²) in [7, 11) is 0. The zero-order valence-corrected chi connectivity index (χ0v) is 12.1. The maximum atomic E-state index is 6.30. The molecule has 0 aromatic heterocycles. The van der Waals surface area contributed by atoms with Crippen molar-refractivity contribution in [3.05, 3.63) is 64.9 Å².